The fraction of sp³-hybridized carbons (Fsp3) is 0.333. The molecule has 150 valence electrons. The smallest absolute Gasteiger partial charge is 0.272 e. The minimum atomic E-state index is -0.683. The van der Waals surface area contributed by atoms with Gasteiger partial charge in [0.2, 0.25) is 11.6 Å². The van der Waals surface area contributed by atoms with Crippen LogP contribution in [0.5, 0.6) is 0 Å². The van der Waals surface area contributed by atoms with Crippen molar-refractivity contribution in [3.05, 3.63) is 52.6 Å². The summed E-state index contributed by atoms with van der Waals surface area (Å²) < 4.78 is 20.1. The first kappa shape index (κ1) is 20.4. The van der Waals surface area contributed by atoms with Gasteiger partial charge in [0.15, 0.2) is 0 Å². The Bertz CT molecular complexity index is 1060. The maximum atomic E-state index is 13.4. The third-order valence-corrected chi connectivity index (χ3v) is 5.10. The maximum Gasteiger partial charge on any atom is 0.272 e. The highest BCUT2D eigenvalue weighted by molar-refractivity contribution is 6.44. The number of nitriles is 1. The zero-order chi connectivity index (χ0) is 21.3. The van der Waals surface area contributed by atoms with Crippen molar-refractivity contribution in [1.29, 1.82) is 5.26 Å². The average molecular weight is 397 g/mol. The molecule has 0 bridgehead atoms. The number of ether oxygens (including phenoxy) is 1. The van der Waals surface area contributed by atoms with Crippen molar-refractivity contribution in [1.82, 2.24) is 4.57 Å². The van der Waals surface area contributed by atoms with E-state index in [-0.39, 0.29) is 34.3 Å². The van der Waals surface area contributed by atoms with Crippen molar-refractivity contribution in [3.63, 3.8) is 0 Å². The number of anilines is 1. The molecule has 1 N–H and O–H groups in total. The minimum absolute atomic E-state index is 0.0915. The van der Waals surface area contributed by atoms with Crippen LogP contribution >= 0.6 is 0 Å². The molecular formula is C21H20FN3O4. The SMILES string of the molecule is Cc1c(C(=O)C(=O)CC2(C)COC2)cc(C(=O)Nc2ccc(F)c(C#N)c2)n1C. The Morgan fingerprint density at radius 1 is 1.31 bits per heavy atom. The average Bonchev–Trinajstić information content (AvgIpc) is 2.96. The lowest BCUT2D eigenvalue weighted by Crippen LogP contribution is -2.42. The molecule has 1 aromatic heterocycles. The summed E-state index contributed by atoms with van der Waals surface area (Å²) >= 11 is 0. The topological polar surface area (TPSA) is 101 Å². The largest absolute Gasteiger partial charge is 0.380 e. The van der Waals surface area contributed by atoms with Gasteiger partial charge in [0.05, 0.1) is 18.8 Å². The van der Waals surface area contributed by atoms with Crippen molar-refractivity contribution in [3.8, 4) is 6.07 Å². The van der Waals surface area contributed by atoms with Crippen molar-refractivity contribution >= 4 is 23.2 Å². The molecule has 0 aliphatic carbocycles. The second kappa shape index (κ2) is 7.60. The molecule has 1 amide bonds. The highest BCUT2D eigenvalue weighted by Gasteiger charge is 2.38. The van der Waals surface area contributed by atoms with Crippen molar-refractivity contribution in [2.75, 3.05) is 18.5 Å². The Kier molecular flexibility index (Phi) is 5.36. The first-order valence-electron chi connectivity index (χ1n) is 8.98. The van der Waals surface area contributed by atoms with E-state index in [1.165, 1.54) is 22.8 Å². The first-order valence-corrected chi connectivity index (χ1v) is 8.98. The Morgan fingerprint density at radius 2 is 2.00 bits per heavy atom. The number of amides is 1. The van der Waals surface area contributed by atoms with E-state index in [1.807, 2.05) is 6.92 Å². The molecule has 29 heavy (non-hydrogen) atoms. The molecule has 1 saturated heterocycles. The lowest BCUT2D eigenvalue weighted by molar-refractivity contribution is -0.133. The molecule has 2 heterocycles. The van der Waals surface area contributed by atoms with Gasteiger partial charge in [-0.15, -0.1) is 0 Å². The molecule has 1 fully saturated rings. The van der Waals surface area contributed by atoms with Crippen LogP contribution in [0, 0.1) is 29.5 Å². The van der Waals surface area contributed by atoms with Gasteiger partial charge in [-0.25, -0.2) is 4.39 Å². The van der Waals surface area contributed by atoms with Crippen LogP contribution in [0.1, 0.15) is 45.4 Å². The van der Waals surface area contributed by atoms with E-state index in [9.17, 15) is 18.8 Å². The number of hydrogen-bond acceptors (Lipinski definition) is 5. The van der Waals surface area contributed by atoms with E-state index >= 15 is 0 Å². The van der Waals surface area contributed by atoms with Gasteiger partial charge in [0.25, 0.3) is 5.91 Å². The normalized spacial score (nSPS) is 14.6. The number of benzene rings is 1. The van der Waals surface area contributed by atoms with Gasteiger partial charge >= 0.3 is 0 Å². The summed E-state index contributed by atoms with van der Waals surface area (Å²) in [7, 11) is 1.61. The molecular weight excluding hydrogens is 377 g/mol. The van der Waals surface area contributed by atoms with Crippen molar-refractivity contribution in [2.24, 2.45) is 12.5 Å². The van der Waals surface area contributed by atoms with Crippen LogP contribution in [0.3, 0.4) is 0 Å². The summed E-state index contributed by atoms with van der Waals surface area (Å²) in [4.78, 5) is 37.7. The van der Waals surface area contributed by atoms with Crippen molar-refractivity contribution in [2.45, 2.75) is 20.3 Å². The van der Waals surface area contributed by atoms with Gasteiger partial charge in [-0.2, -0.15) is 5.26 Å². The number of rotatable bonds is 6. The molecule has 3 rings (SSSR count). The van der Waals surface area contributed by atoms with Gasteiger partial charge in [0.1, 0.15) is 17.6 Å². The Morgan fingerprint density at radius 3 is 2.59 bits per heavy atom. The first-order chi connectivity index (χ1) is 13.6. The van der Waals surface area contributed by atoms with Crippen LogP contribution < -0.4 is 5.32 Å². The van der Waals surface area contributed by atoms with E-state index in [2.05, 4.69) is 5.32 Å². The molecule has 2 aromatic rings. The van der Waals surface area contributed by atoms with Gasteiger partial charge in [0, 0.05) is 35.8 Å². The third kappa shape index (κ3) is 3.96. The predicted molar refractivity (Wildman–Crippen MR) is 102 cm³/mol. The van der Waals surface area contributed by atoms with Gasteiger partial charge < -0.3 is 14.6 Å². The number of Topliss-reactive ketones (excluding diaryl/α,β-unsaturated/α-hetero) is 2. The summed E-state index contributed by atoms with van der Waals surface area (Å²) in [5.41, 5.74) is 0.550. The van der Waals surface area contributed by atoms with E-state index in [0.29, 0.717) is 18.9 Å². The predicted octanol–water partition coefficient (Wildman–Crippen LogP) is 2.78. The molecule has 7 nitrogen and oxygen atoms in total. The number of carbonyl (C=O) groups excluding carboxylic acids is 3. The molecule has 0 radical (unpaired) electrons. The highest BCUT2D eigenvalue weighted by atomic mass is 19.1. The van der Waals surface area contributed by atoms with E-state index < -0.39 is 23.3 Å². The Hall–Kier alpha value is -3.31. The molecule has 1 aliphatic rings. The second-order valence-electron chi connectivity index (χ2n) is 7.58. The molecule has 0 atom stereocenters. The van der Waals surface area contributed by atoms with E-state index in [4.69, 9.17) is 10.00 Å². The molecule has 1 aromatic carbocycles. The summed E-state index contributed by atoms with van der Waals surface area (Å²) in [6.45, 7) is 4.42. The highest BCUT2D eigenvalue weighted by Crippen LogP contribution is 2.31. The zero-order valence-electron chi connectivity index (χ0n) is 16.3. The van der Waals surface area contributed by atoms with Crippen LogP contribution in [0.15, 0.2) is 24.3 Å². The Balaban J connectivity index is 1.81. The molecule has 8 heteroatoms. The fourth-order valence-corrected chi connectivity index (χ4v) is 3.20. The van der Waals surface area contributed by atoms with Crippen LogP contribution in [-0.2, 0) is 16.6 Å². The van der Waals surface area contributed by atoms with Gasteiger partial charge in [-0.05, 0) is 31.2 Å². The number of halogens is 1. The lowest BCUT2D eigenvalue weighted by atomic mass is 9.82. The van der Waals surface area contributed by atoms with Crippen LogP contribution in [0.2, 0.25) is 0 Å². The summed E-state index contributed by atoms with van der Waals surface area (Å²) in [5.74, 6) is -2.39. The van der Waals surface area contributed by atoms with Gasteiger partial charge in [-0.1, -0.05) is 6.92 Å². The zero-order valence-corrected chi connectivity index (χ0v) is 16.3. The number of aromatic nitrogens is 1. The summed E-state index contributed by atoms with van der Waals surface area (Å²) in [6.07, 6.45) is 0.0915. The minimum Gasteiger partial charge on any atom is -0.380 e. The lowest BCUT2D eigenvalue weighted by Gasteiger charge is -2.37. The third-order valence-electron chi connectivity index (χ3n) is 5.10. The van der Waals surface area contributed by atoms with Crippen LogP contribution in [0.25, 0.3) is 0 Å². The Labute approximate surface area is 167 Å². The van der Waals surface area contributed by atoms with Crippen LogP contribution in [0.4, 0.5) is 10.1 Å². The fourth-order valence-electron chi connectivity index (χ4n) is 3.20. The number of nitrogens with zero attached hydrogens (tertiary/aromatic N) is 2. The summed E-state index contributed by atoms with van der Waals surface area (Å²) in [6, 6.07) is 6.72. The number of hydrogen-bond donors (Lipinski definition) is 1. The van der Waals surface area contributed by atoms with Crippen LogP contribution in [-0.4, -0.2) is 35.3 Å². The monoisotopic (exact) mass is 397 g/mol. The van der Waals surface area contributed by atoms with E-state index in [1.54, 1.807) is 20.0 Å². The molecule has 0 unspecified atom stereocenters. The standard InChI is InChI=1S/C21H20FN3O4/c1-12-15(19(27)18(26)8-21(2)10-29-11-21)7-17(25(12)3)20(28)24-14-4-5-16(22)13(6-14)9-23/h4-7H,8,10-11H2,1-3H3,(H,24,28). The maximum absolute atomic E-state index is 13.4. The van der Waals surface area contributed by atoms with Crippen molar-refractivity contribution < 1.29 is 23.5 Å². The number of carbonyl (C=O) groups is 3. The summed E-state index contributed by atoms with van der Waals surface area (Å²) in [5, 5.41) is 11.5. The van der Waals surface area contributed by atoms with E-state index in [0.717, 1.165) is 6.07 Å². The number of nitrogens with one attached hydrogen (secondary N) is 1. The van der Waals surface area contributed by atoms with Gasteiger partial charge in [-0.3, -0.25) is 14.4 Å². The second-order valence-corrected chi connectivity index (χ2v) is 7.58. The molecule has 0 saturated carbocycles. The molecule has 1 aliphatic heterocycles. The quantitative estimate of drug-likeness (QED) is 0.597. The number of ketones is 2. The molecule has 0 spiro atoms.